The first-order chi connectivity index (χ1) is 12.0. The molecule has 0 fully saturated rings. The van der Waals surface area contributed by atoms with Gasteiger partial charge in [-0.2, -0.15) is 5.26 Å². The number of nitriles is 1. The number of allylic oxidation sites excluding steroid dienone is 2. The fourth-order valence-electron chi connectivity index (χ4n) is 2.12. The van der Waals surface area contributed by atoms with Crippen molar-refractivity contribution < 1.29 is 4.79 Å². The molecule has 126 valence electrons. The molecule has 1 atom stereocenters. The summed E-state index contributed by atoms with van der Waals surface area (Å²) in [6.07, 6.45) is 4.62. The van der Waals surface area contributed by atoms with Gasteiger partial charge in [0, 0.05) is 0 Å². The van der Waals surface area contributed by atoms with E-state index in [2.05, 4.69) is 4.98 Å². The number of hydrogen-bond donors (Lipinski definition) is 1. The zero-order valence-corrected chi connectivity index (χ0v) is 14.4. The predicted molar refractivity (Wildman–Crippen MR) is 97.9 cm³/mol. The SMILES string of the molecule is CC(c1ccccc1)N(N)C(=O)/C(C#N)=C/C=C/c1cccc(Cl)n1. The Morgan fingerprint density at radius 1 is 1.28 bits per heavy atom. The standard InChI is InChI=1S/C19H17ClN4O/c1-14(15-7-3-2-4-8-15)24(22)19(25)16(13-21)9-5-10-17-11-6-12-18(20)23-17/h2-12,14H,22H2,1H3/b10-5+,16-9+. The summed E-state index contributed by atoms with van der Waals surface area (Å²) in [5, 5.41) is 10.7. The van der Waals surface area contributed by atoms with Gasteiger partial charge in [0.25, 0.3) is 5.91 Å². The lowest BCUT2D eigenvalue weighted by atomic mass is 10.1. The van der Waals surface area contributed by atoms with Crippen LogP contribution < -0.4 is 5.84 Å². The molecule has 0 saturated heterocycles. The average Bonchev–Trinajstić information content (AvgIpc) is 2.64. The van der Waals surface area contributed by atoms with Crippen molar-refractivity contribution in [3.8, 4) is 6.07 Å². The largest absolute Gasteiger partial charge is 0.278 e. The highest BCUT2D eigenvalue weighted by Crippen LogP contribution is 2.18. The summed E-state index contributed by atoms with van der Waals surface area (Å²) < 4.78 is 0. The van der Waals surface area contributed by atoms with E-state index in [0.717, 1.165) is 10.6 Å². The molecular formula is C19H17ClN4O. The molecule has 0 radical (unpaired) electrons. The third kappa shape index (κ3) is 5.01. The number of hydrogen-bond acceptors (Lipinski definition) is 4. The first-order valence-electron chi connectivity index (χ1n) is 7.57. The van der Waals surface area contributed by atoms with E-state index >= 15 is 0 Å². The number of nitrogens with two attached hydrogens (primary N) is 1. The average molecular weight is 353 g/mol. The van der Waals surface area contributed by atoms with E-state index in [1.807, 2.05) is 36.4 Å². The number of carbonyl (C=O) groups is 1. The number of hydrazine groups is 1. The lowest BCUT2D eigenvalue weighted by Gasteiger charge is -2.24. The Labute approximate surface area is 151 Å². The molecule has 0 bridgehead atoms. The fourth-order valence-corrected chi connectivity index (χ4v) is 2.29. The Hall–Kier alpha value is -2.94. The summed E-state index contributed by atoms with van der Waals surface area (Å²) in [5.41, 5.74) is 1.44. The van der Waals surface area contributed by atoms with Crippen molar-refractivity contribution in [1.29, 1.82) is 5.26 Å². The molecule has 0 aliphatic rings. The molecule has 2 N–H and O–H groups in total. The van der Waals surface area contributed by atoms with Gasteiger partial charge in [-0.3, -0.25) is 9.80 Å². The molecule has 6 heteroatoms. The molecule has 1 unspecified atom stereocenters. The molecule has 2 rings (SSSR count). The van der Waals surface area contributed by atoms with Crippen LogP contribution in [0.4, 0.5) is 0 Å². The van der Waals surface area contributed by atoms with Crippen LogP contribution in [0.5, 0.6) is 0 Å². The van der Waals surface area contributed by atoms with E-state index in [9.17, 15) is 10.1 Å². The van der Waals surface area contributed by atoms with Crippen LogP contribution in [-0.4, -0.2) is 15.9 Å². The van der Waals surface area contributed by atoms with Gasteiger partial charge in [-0.25, -0.2) is 10.8 Å². The number of aromatic nitrogens is 1. The summed E-state index contributed by atoms with van der Waals surface area (Å²) in [7, 11) is 0. The number of halogens is 1. The minimum absolute atomic E-state index is 0.0661. The molecule has 2 aromatic rings. The number of benzene rings is 1. The lowest BCUT2D eigenvalue weighted by Crippen LogP contribution is -2.40. The fraction of sp³-hybridized carbons (Fsp3) is 0.105. The molecule has 25 heavy (non-hydrogen) atoms. The van der Waals surface area contributed by atoms with E-state index in [0.29, 0.717) is 10.8 Å². The van der Waals surface area contributed by atoms with Crippen LogP contribution >= 0.6 is 11.6 Å². The number of amides is 1. The highest BCUT2D eigenvalue weighted by atomic mass is 35.5. The zero-order chi connectivity index (χ0) is 18.2. The molecular weight excluding hydrogens is 336 g/mol. The summed E-state index contributed by atoms with van der Waals surface area (Å²) in [6.45, 7) is 1.80. The van der Waals surface area contributed by atoms with Gasteiger partial charge in [0.2, 0.25) is 0 Å². The van der Waals surface area contributed by atoms with Crippen molar-refractivity contribution in [2.75, 3.05) is 0 Å². The first-order valence-corrected chi connectivity index (χ1v) is 7.95. The molecule has 5 nitrogen and oxygen atoms in total. The van der Waals surface area contributed by atoms with Crippen LogP contribution in [0.1, 0.15) is 24.2 Å². The van der Waals surface area contributed by atoms with E-state index < -0.39 is 5.91 Å². The Bertz CT molecular complexity index is 840. The molecule has 0 spiro atoms. The molecule has 1 aromatic carbocycles. The van der Waals surface area contributed by atoms with Gasteiger partial charge < -0.3 is 0 Å². The third-order valence-corrected chi connectivity index (χ3v) is 3.76. The minimum atomic E-state index is -0.553. The maximum Gasteiger partial charge on any atom is 0.278 e. The summed E-state index contributed by atoms with van der Waals surface area (Å²) in [6, 6.07) is 16.1. The van der Waals surface area contributed by atoms with Gasteiger partial charge in [-0.1, -0.05) is 54.1 Å². The monoisotopic (exact) mass is 352 g/mol. The van der Waals surface area contributed by atoms with Crippen LogP contribution in [-0.2, 0) is 4.79 Å². The summed E-state index contributed by atoms with van der Waals surface area (Å²) in [5.74, 6) is 5.36. The quantitative estimate of drug-likeness (QED) is 0.169. The second-order valence-electron chi connectivity index (χ2n) is 5.24. The topological polar surface area (TPSA) is 83.0 Å². The van der Waals surface area contributed by atoms with E-state index in [1.54, 1.807) is 37.3 Å². The van der Waals surface area contributed by atoms with Gasteiger partial charge in [0.05, 0.1) is 11.7 Å². The Morgan fingerprint density at radius 2 is 2.00 bits per heavy atom. The predicted octanol–water partition coefficient (Wildman–Crippen LogP) is 3.66. The van der Waals surface area contributed by atoms with Gasteiger partial charge in [0.1, 0.15) is 16.8 Å². The van der Waals surface area contributed by atoms with E-state index in [1.165, 1.54) is 6.08 Å². The van der Waals surface area contributed by atoms with Crippen molar-refractivity contribution >= 4 is 23.6 Å². The smallest absolute Gasteiger partial charge is 0.269 e. The van der Waals surface area contributed by atoms with Crippen molar-refractivity contribution in [2.24, 2.45) is 5.84 Å². The lowest BCUT2D eigenvalue weighted by molar-refractivity contribution is -0.129. The van der Waals surface area contributed by atoms with Crippen LogP contribution in [0.25, 0.3) is 6.08 Å². The van der Waals surface area contributed by atoms with Gasteiger partial charge in [-0.15, -0.1) is 0 Å². The minimum Gasteiger partial charge on any atom is -0.269 e. The number of carbonyl (C=O) groups excluding carboxylic acids is 1. The van der Waals surface area contributed by atoms with Crippen LogP contribution in [0.3, 0.4) is 0 Å². The van der Waals surface area contributed by atoms with Crippen molar-refractivity contribution in [1.82, 2.24) is 9.99 Å². The molecule has 1 heterocycles. The number of pyridine rings is 1. The Morgan fingerprint density at radius 3 is 2.64 bits per heavy atom. The number of rotatable bonds is 5. The third-order valence-electron chi connectivity index (χ3n) is 3.55. The first kappa shape index (κ1) is 18.4. The molecule has 1 aromatic heterocycles. The maximum atomic E-state index is 12.4. The summed E-state index contributed by atoms with van der Waals surface area (Å²) >= 11 is 5.81. The molecule has 1 amide bonds. The van der Waals surface area contributed by atoms with E-state index in [4.69, 9.17) is 17.4 Å². The van der Waals surface area contributed by atoms with Crippen LogP contribution in [0.15, 0.2) is 66.3 Å². The van der Waals surface area contributed by atoms with Crippen LogP contribution in [0, 0.1) is 11.3 Å². The highest BCUT2D eigenvalue weighted by molar-refractivity contribution is 6.29. The van der Waals surface area contributed by atoms with E-state index in [-0.39, 0.29) is 11.6 Å². The maximum absolute atomic E-state index is 12.4. The number of nitrogens with zero attached hydrogens (tertiary/aromatic N) is 3. The van der Waals surface area contributed by atoms with Crippen molar-refractivity contribution in [3.05, 3.63) is 82.7 Å². The summed E-state index contributed by atoms with van der Waals surface area (Å²) in [4.78, 5) is 16.5. The molecule has 0 aliphatic heterocycles. The van der Waals surface area contributed by atoms with Gasteiger partial charge in [0.15, 0.2) is 0 Å². The Kier molecular flexibility index (Phi) is 6.47. The normalized spacial score (nSPS) is 12.6. The second-order valence-corrected chi connectivity index (χ2v) is 5.62. The Balaban J connectivity index is 2.13. The molecule has 0 saturated carbocycles. The second kappa shape index (κ2) is 8.78. The van der Waals surface area contributed by atoms with Crippen molar-refractivity contribution in [2.45, 2.75) is 13.0 Å². The van der Waals surface area contributed by atoms with Gasteiger partial charge >= 0.3 is 0 Å². The molecule has 0 aliphatic carbocycles. The zero-order valence-electron chi connectivity index (χ0n) is 13.6. The van der Waals surface area contributed by atoms with Crippen molar-refractivity contribution in [3.63, 3.8) is 0 Å². The van der Waals surface area contributed by atoms with Crippen LogP contribution in [0.2, 0.25) is 5.15 Å². The highest BCUT2D eigenvalue weighted by Gasteiger charge is 2.21. The van der Waals surface area contributed by atoms with Gasteiger partial charge in [-0.05, 0) is 36.8 Å².